The molecule has 1 atom stereocenters. The summed E-state index contributed by atoms with van der Waals surface area (Å²) in [6.45, 7) is 3.32. The second-order valence-electron chi connectivity index (χ2n) is 10.4. The van der Waals surface area contributed by atoms with Gasteiger partial charge in [-0.05, 0) is 86.1 Å². The molecule has 5 rings (SSSR count). The number of benzene rings is 2. The van der Waals surface area contributed by atoms with Gasteiger partial charge in [0.05, 0.1) is 26.7 Å². The summed E-state index contributed by atoms with van der Waals surface area (Å²) in [5, 5.41) is 24.2. The van der Waals surface area contributed by atoms with E-state index in [-0.39, 0.29) is 5.82 Å². The lowest BCUT2D eigenvalue weighted by molar-refractivity contribution is -0.112. The van der Waals surface area contributed by atoms with Crippen molar-refractivity contribution in [2.24, 2.45) is 0 Å². The maximum absolute atomic E-state index is 13.8. The second kappa shape index (κ2) is 11.2. The van der Waals surface area contributed by atoms with E-state index in [1.54, 1.807) is 18.2 Å². The smallest absolute Gasteiger partial charge is 0.123 e. The molecule has 0 radical (unpaired) electrons. The Morgan fingerprint density at radius 1 is 1.08 bits per heavy atom. The number of rotatable bonds is 6. The average molecular weight is 565 g/mol. The fraction of sp³-hybridized carbons (Fsp3) is 0.464. The molecule has 1 unspecified atom stereocenters. The van der Waals surface area contributed by atoms with Gasteiger partial charge in [0.2, 0.25) is 0 Å². The Morgan fingerprint density at radius 2 is 1.81 bits per heavy atom. The highest BCUT2D eigenvalue weighted by molar-refractivity contribution is 7.80. The Kier molecular flexibility index (Phi) is 8.10. The van der Waals surface area contributed by atoms with Crippen molar-refractivity contribution in [3.63, 3.8) is 0 Å². The number of hydrogen-bond donors (Lipinski definition) is 3. The summed E-state index contributed by atoms with van der Waals surface area (Å²) in [6, 6.07) is 10.4. The van der Waals surface area contributed by atoms with Crippen molar-refractivity contribution in [3.05, 3.63) is 69.6 Å². The van der Waals surface area contributed by atoms with Crippen LogP contribution in [0.3, 0.4) is 0 Å². The quantitative estimate of drug-likeness (QED) is 0.343. The Morgan fingerprint density at radius 3 is 2.51 bits per heavy atom. The van der Waals surface area contributed by atoms with Crippen molar-refractivity contribution in [3.8, 4) is 0 Å². The molecular formula is C28H32Cl2FN3O2S. The normalized spacial score (nSPS) is 19.9. The summed E-state index contributed by atoms with van der Waals surface area (Å²) >= 11 is 17.8. The van der Waals surface area contributed by atoms with Crippen molar-refractivity contribution in [1.82, 2.24) is 14.8 Å². The highest BCUT2D eigenvalue weighted by Gasteiger charge is 2.40. The number of fused-ring (bicyclic) bond motifs is 1. The van der Waals surface area contributed by atoms with Gasteiger partial charge in [0, 0.05) is 43.2 Å². The number of aromatic amines is 1. The molecule has 2 fully saturated rings. The lowest BCUT2D eigenvalue weighted by atomic mass is 9.84. The number of thiocarbonyl (C=S) groups is 1. The van der Waals surface area contributed by atoms with E-state index in [4.69, 9.17) is 35.4 Å². The Labute approximate surface area is 232 Å². The highest BCUT2D eigenvalue weighted by atomic mass is 35.5. The average Bonchev–Trinajstić information content (AvgIpc) is 3.30. The van der Waals surface area contributed by atoms with Gasteiger partial charge in [-0.3, -0.25) is 0 Å². The number of H-pyrrole nitrogens is 1. The van der Waals surface area contributed by atoms with Crippen LogP contribution in [-0.4, -0.2) is 74.4 Å². The first kappa shape index (κ1) is 26.9. The number of aliphatic hydroxyl groups excluding tert-OH is 1. The molecule has 2 aliphatic rings. The topological polar surface area (TPSA) is 62.7 Å². The maximum atomic E-state index is 13.8. The van der Waals surface area contributed by atoms with Gasteiger partial charge in [0.25, 0.3) is 0 Å². The molecule has 9 heteroatoms. The Bertz CT molecular complexity index is 1270. The van der Waals surface area contributed by atoms with Crippen LogP contribution in [0.1, 0.15) is 42.7 Å². The van der Waals surface area contributed by atoms with Crippen molar-refractivity contribution in [2.75, 3.05) is 32.7 Å². The predicted octanol–water partition coefficient (Wildman–Crippen LogP) is 5.55. The molecule has 2 saturated heterocycles. The molecule has 5 nitrogen and oxygen atoms in total. The summed E-state index contributed by atoms with van der Waals surface area (Å²) in [5.41, 5.74) is 2.00. The fourth-order valence-electron chi connectivity index (χ4n) is 5.71. The number of nitrogens with zero attached hydrogens (tertiary/aromatic N) is 2. The second-order valence-corrected chi connectivity index (χ2v) is 11.7. The van der Waals surface area contributed by atoms with E-state index in [2.05, 4.69) is 14.8 Å². The number of β-amino-alcohol motifs (C(OH)–C–C–N with tert-alkyl or cyclic N) is 1. The molecule has 3 aromatic rings. The number of halogens is 3. The van der Waals surface area contributed by atoms with Gasteiger partial charge in [-0.1, -0.05) is 41.5 Å². The lowest BCUT2D eigenvalue weighted by Gasteiger charge is -2.43. The number of nitrogens with one attached hydrogen (secondary N) is 1. The molecule has 3 heterocycles. The molecule has 37 heavy (non-hydrogen) atoms. The van der Waals surface area contributed by atoms with Crippen molar-refractivity contribution in [1.29, 1.82) is 0 Å². The lowest BCUT2D eigenvalue weighted by Crippen LogP contribution is -2.56. The zero-order valence-electron chi connectivity index (χ0n) is 20.6. The Balaban J connectivity index is 1.11. The first-order valence-electron chi connectivity index (χ1n) is 12.8. The summed E-state index contributed by atoms with van der Waals surface area (Å²) in [4.78, 5) is 8.39. The minimum atomic E-state index is -1.12. The van der Waals surface area contributed by atoms with Crippen LogP contribution >= 0.6 is 35.4 Å². The monoisotopic (exact) mass is 563 g/mol. The van der Waals surface area contributed by atoms with Crippen molar-refractivity contribution < 1.29 is 14.6 Å². The molecule has 1 aromatic heterocycles. The number of piperidine rings is 2. The number of aromatic nitrogens is 1. The van der Waals surface area contributed by atoms with Crippen LogP contribution in [0, 0.1) is 5.82 Å². The predicted molar refractivity (Wildman–Crippen MR) is 151 cm³/mol. The zero-order chi connectivity index (χ0) is 26.2. The third-order valence-corrected chi connectivity index (χ3v) is 9.22. The summed E-state index contributed by atoms with van der Waals surface area (Å²) < 4.78 is 13.8. The van der Waals surface area contributed by atoms with E-state index in [1.807, 2.05) is 18.3 Å². The molecule has 2 aliphatic heterocycles. The van der Waals surface area contributed by atoms with Crippen LogP contribution in [0.2, 0.25) is 10.0 Å². The third-order valence-electron chi connectivity index (χ3n) is 8.08. The SMILES string of the molecule is OC(CN1CCC(c2c[nH]c3ccc(F)cc23)CC1)C1(O)CCN(C(=S)Cc2ccc(Cl)c(Cl)c2)CC1. The highest BCUT2D eigenvalue weighted by Crippen LogP contribution is 2.34. The van der Waals surface area contributed by atoms with Crippen LogP contribution in [0.25, 0.3) is 10.9 Å². The van der Waals surface area contributed by atoms with Gasteiger partial charge < -0.3 is 25.0 Å². The molecule has 2 aromatic carbocycles. The van der Waals surface area contributed by atoms with Crippen LogP contribution in [-0.2, 0) is 6.42 Å². The number of aliphatic hydroxyl groups is 2. The minimum Gasteiger partial charge on any atom is -0.389 e. The standard InChI is InChI=1S/C28H32Cl2FN3O2S/c29-23-3-1-18(13-24(23)30)14-27(37)34-11-7-28(36,8-12-34)26(35)17-33-9-5-19(6-10-33)22-16-32-25-4-2-20(31)15-21(22)25/h1-4,13,15-16,19,26,32,35-36H,5-12,14,17H2. The molecule has 0 spiro atoms. The van der Waals surface area contributed by atoms with Gasteiger partial charge in [0.15, 0.2) is 0 Å². The fourth-order valence-corrected chi connectivity index (χ4v) is 6.38. The first-order chi connectivity index (χ1) is 17.7. The minimum absolute atomic E-state index is 0.219. The van der Waals surface area contributed by atoms with E-state index in [9.17, 15) is 14.6 Å². The maximum Gasteiger partial charge on any atom is 0.123 e. The van der Waals surface area contributed by atoms with Crippen molar-refractivity contribution in [2.45, 2.75) is 49.7 Å². The Hall–Kier alpha value is -1.74. The summed E-state index contributed by atoms with van der Waals surface area (Å²) in [5.74, 6) is 0.134. The van der Waals surface area contributed by atoms with Gasteiger partial charge in [-0.15, -0.1) is 0 Å². The van der Waals surface area contributed by atoms with Crippen LogP contribution < -0.4 is 0 Å². The summed E-state index contributed by atoms with van der Waals surface area (Å²) in [7, 11) is 0. The van der Waals surface area contributed by atoms with Gasteiger partial charge in [-0.25, -0.2) is 4.39 Å². The van der Waals surface area contributed by atoms with Crippen molar-refractivity contribution >= 4 is 51.3 Å². The molecule has 3 N–H and O–H groups in total. The van der Waals surface area contributed by atoms with Gasteiger partial charge in [0.1, 0.15) is 5.82 Å². The van der Waals surface area contributed by atoms with Crippen LogP contribution in [0.15, 0.2) is 42.6 Å². The molecule has 0 aliphatic carbocycles. The van der Waals surface area contributed by atoms with Gasteiger partial charge >= 0.3 is 0 Å². The van der Waals surface area contributed by atoms with E-state index in [0.717, 1.165) is 52.9 Å². The largest absolute Gasteiger partial charge is 0.389 e. The molecule has 0 bridgehead atoms. The van der Waals surface area contributed by atoms with Gasteiger partial charge in [-0.2, -0.15) is 0 Å². The van der Waals surface area contributed by atoms with E-state index >= 15 is 0 Å². The number of likely N-dealkylation sites (tertiary alicyclic amines) is 2. The molecule has 0 saturated carbocycles. The van der Waals surface area contributed by atoms with Crippen LogP contribution in [0.5, 0.6) is 0 Å². The molecule has 0 amide bonds. The summed E-state index contributed by atoms with van der Waals surface area (Å²) in [6.07, 6.45) is 4.57. The molecular weight excluding hydrogens is 532 g/mol. The zero-order valence-corrected chi connectivity index (χ0v) is 22.9. The first-order valence-corrected chi connectivity index (χ1v) is 14.0. The van der Waals surface area contributed by atoms with E-state index < -0.39 is 11.7 Å². The third kappa shape index (κ3) is 5.97. The van der Waals surface area contributed by atoms with Crippen LogP contribution in [0.4, 0.5) is 4.39 Å². The number of hydrogen-bond acceptors (Lipinski definition) is 4. The van der Waals surface area contributed by atoms with E-state index in [0.29, 0.717) is 54.9 Å². The molecule has 198 valence electrons. The van der Waals surface area contributed by atoms with E-state index in [1.165, 1.54) is 6.07 Å².